The summed E-state index contributed by atoms with van der Waals surface area (Å²) in [6.07, 6.45) is 0.844. The van der Waals surface area contributed by atoms with E-state index in [2.05, 4.69) is 44.3 Å². The highest BCUT2D eigenvalue weighted by molar-refractivity contribution is 14.1. The van der Waals surface area contributed by atoms with Crippen LogP contribution in [-0.4, -0.2) is 32.4 Å². The SMILES string of the molecule is O=S(=O)(NC1CCN(Cc2ccccc2)C1)c1ccc(I)cc1. The highest BCUT2D eigenvalue weighted by Gasteiger charge is 2.27. The number of hydrogen-bond donors (Lipinski definition) is 1. The molecule has 2 aromatic carbocycles. The summed E-state index contributed by atoms with van der Waals surface area (Å²) >= 11 is 2.17. The molecule has 1 aliphatic heterocycles. The third-order valence-corrected chi connectivity index (χ3v) is 6.22. The fourth-order valence-corrected chi connectivity index (χ4v) is 4.44. The van der Waals surface area contributed by atoms with Gasteiger partial charge in [0.2, 0.25) is 10.0 Å². The zero-order chi connectivity index (χ0) is 16.3. The lowest BCUT2D eigenvalue weighted by Crippen LogP contribution is -2.36. The summed E-state index contributed by atoms with van der Waals surface area (Å²) in [5.41, 5.74) is 1.26. The first-order valence-electron chi connectivity index (χ1n) is 7.57. The minimum absolute atomic E-state index is 0.0250. The Morgan fingerprint density at radius 2 is 1.78 bits per heavy atom. The van der Waals surface area contributed by atoms with E-state index in [0.717, 1.165) is 29.6 Å². The predicted octanol–water partition coefficient (Wildman–Crippen LogP) is 2.84. The van der Waals surface area contributed by atoms with E-state index in [1.54, 1.807) is 12.1 Å². The molecule has 2 aromatic rings. The largest absolute Gasteiger partial charge is 0.297 e. The minimum atomic E-state index is -3.44. The molecule has 122 valence electrons. The summed E-state index contributed by atoms with van der Waals surface area (Å²) in [5.74, 6) is 0. The molecule has 4 nitrogen and oxygen atoms in total. The van der Waals surface area contributed by atoms with Crippen LogP contribution in [0.1, 0.15) is 12.0 Å². The third kappa shape index (κ3) is 4.53. The summed E-state index contributed by atoms with van der Waals surface area (Å²) in [5, 5.41) is 0. The predicted molar refractivity (Wildman–Crippen MR) is 99.6 cm³/mol. The Morgan fingerprint density at radius 3 is 2.48 bits per heavy atom. The number of nitrogens with one attached hydrogen (secondary N) is 1. The van der Waals surface area contributed by atoms with Crippen molar-refractivity contribution in [2.24, 2.45) is 0 Å². The van der Waals surface area contributed by atoms with E-state index in [1.165, 1.54) is 5.56 Å². The van der Waals surface area contributed by atoms with Crippen molar-refractivity contribution in [3.05, 3.63) is 63.7 Å². The molecule has 0 amide bonds. The zero-order valence-corrected chi connectivity index (χ0v) is 15.6. The molecular weight excluding hydrogens is 423 g/mol. The fraction of sp³-hybridized carbons (Fsp3) is 0.294. The lowest BCUT2D eigenvalue weighted by Gasteiger charge is -2.17. The fourth-order valence-electron chi connectivity index (χ4n) is 2.82. The number of halogens is 1. The molecule has 0 bridgehead atoms. The van der Waals surface area contributed by atoms with E-state index < -0.39 is 10.0 Å². The number of likely N-dealkylation sites (tertiary alicyclic amines) is 1. The molecule has 3 rings (SSSR count). The molecule has 0 aromatic heterocycles. The second-order valence-corrected chi connectivity index (χ2v) is 8.74. The van der Waals surface area contributed by atoms with Crippen LogP contribution in [0.25, 0.3) is 0 Å². The number of benzene rings is 2. The summed E-state index contributed by atoms with van der Waals surface area (Å²) in [4.78, 5) is 2.62. The highest BCUT2D eigenvalue weighted by atomic mass is 127. The molecule has 1 fully saturated rings. The van der Waals surface area contributed by atoms with Gasteiger partial charge < -0.3 is 0 Å². The molecule has 23 heavy (non-hydrogen) atoms. The van der Waals surface area contributed by atoms with Gasteiger partial charge in [0.25, 0.3) is 0 Å². The highest BCUT2D eigenvalue weighted by Crippen LogP contribution is 2.17. The lowest BCUT2D eigenvalue weighted by molar-refractivity contribution is 0.324. The Balaban J connectivity index is 1.60. The summed E-state index contributed by atoms with van der Waals surface area (Å²) in [6.45, 7) is 2.52. The first-order valence-corrected chi connectivity index (χ1v) is 10.1. The van der Waals surface area contributed by atoms with Gasteiger partial charge in [-0.3, -0.25) is 4.90 Å². The van der Waals surface area contributed by atoms with Gasteiger partial charge in [-0.2, -0.15) is 0 Å². The first kappa shape index (κ1) is 16.9. The van der Waals surface area contributed by atoms with Crippen molar-refractivity contribution in [2.45, 2.75) is 23.9 Å². The summed E-state index contributed by atoms with van der Waals surface area (Å²) in [7, 11) is -3.44. The zero-order valence-electron chi connectivity index (χ0n) is 12.7. The topological polar surface area (TPSA) is 49.4 Å². The van der Waals surface area contributed by atoms with E-state index in [-0.39, 0.29) is 6.04 Å². The van der Waals surface area contributed by atoms with Crippen LogP contribution in [-0.2, 0) is 16.6 Å². The Morgan fingerprint density at radius 1 is 1.09 bits per heavy atom. The molecule has 0 saturated carbocycles. The minimum Gasteiger partial charge on any atom is -0.297 e. The number of hydrogen-bond acceptors (Lipinski definition) is 3. The molecular formula is C17H19IN2O2S. The quantitative estimate of drug-likeness (QED) is 0.725. The van der Waals surface area contributed by atoms with Crippen molar-refractivity contribution in [2.75, 3.05) is 13.1 Å². The van der Waals surface area contributed by atoms with Crippen molar-refractivity contribution in [3.63, 3.8) is 0 Å². The molecule has 1 atom stereocenters. The van der Waals surface area contributed by atoms with E-state index in [4.69, 9.17) is 0 Å². The van der Waals surface area contributed by atoms with Crippen molar-refractivity contribution < 1.29 is 8.42 Å². The van der Waals surface area contributed by atoms with Crippen molar-refractivity contribution in [3.8, 4) is 0 Å². The normalized spacial score (nSPS) is 19.1. The van der Waals surface area contributed by atoms with Gasteiger partial charge in [0, 0.05) is 29.2 Å². The smallest absolute Gasteiger partial charge is 0.240 e. The van der Waals surface area contributed by atoms with Gasteiger partial charge in [-0.1, -0.05) is 30.3 Å². The maximum Gasteiger partial charge on any atom is 0.240 e. The Kier molecular flexibility index (Phi) is 5.35. The van der Waals surface area contributed by atoms with Crippen LogP contribution in [0.15, 0.2) is 59.5 Å². The first-order chi connectivity index (χ1) is 11.0. The van der Waals surface area contributed by atoms with Gasteiger partial charge in [0.05, 0.1) is 4.90 Å². The number of nitrogens with zero attached hydrogens (tertiary/aromatic N) is 1. The van der Waals surface area contributed by atoms with Crippen molar-refractivity contribution >= 4 is 32.6 Å². The van der Waals surface area contributed by atoms with E-state index in [0.29, 0.717) is 4.90 Å². The molecule has 6 heteroatoms. The second-order valence-electron chi connectivity index (χ2n) is 5.78. The van der Waals surface area contributed by atoms with Gasteiger partial charge in [-0.15, -0.1) is 0 Å². The average molecular weight is 442 g/mol. The van der Waals surface area contributed by atoms with Gasteiger partial charge in [-0.05, 0) is 58.8 Å². The van der Waals surface area contributed by atoms with Gasteiger partial charge >= 0.3 is 0 Å². The maximum absolute atomic E-state index is 12.4. The van der Waals surface area contributed by atoms with Gasteiger partial charge in [0.15, 0.2) is 0 Å². The maximum atomic E-state index is 12.4. The van der Waals surface area contributed by atoms with Crippen molar-refractivity contribution in [1.29, 1.82) is 0 Å². The van der Waals surface area contributed by atoms with Crippen LogP contribution < -0.4 is 4.72 Å². The van der Waals surface area contributed by atoms with Crippen LogP contribution >= 0.6 is 22.6 Å². The van der Waals surface area contributed by atoms with Gasteiger partial charge in [-0.25, -0.2) is 13.1 Å². The van der Waals surface area contributed by atoms with Crippen LogP contribution in [0.3, 0.4) is 0 Å². The van der Waals surface area contributed by atoms with Crippen LogP contribution in [0, 0.1) is 3.57 Å². The molecule has 1 N–H and O–H groups in total. The Bertz CT molecular complexity index is 748. The van der Waals surface area contributed by atoms with Crippen molar-refractivity contribution in [1.82, 2.24) is 9.62 Å². The monoisotopic (exact) mass is 442 g/mol. The summed E-state index contributed by atoms with van der Waals surface area (Å²) < 4.78 is 28.7. The Labute approximate surface area is 151 Å². The third-order valence-electron chi connectivity index (χ3n) is 3.97. The summed E-state index contributed by atoms with van der Waals surface area (Å²) in [6, 6.07) is 17.2. The molecule has 1 heterocycles. The van der Waals surface area contributed by atoms with E-state index in [1.807, 2.05) is 30.3 Å². The van der Waals surface area contributed by atoms with Gasteiger partial charge in [0.1, 0.15) is 0 Å². The molecule has 0 radical (unpaired) electrons. The van der Waals surface area contributed by atoms with Crippen LogP contribution in [0.5, 0.6) is 0 Å². The Hall–Kier alpha value is -0.960. The lowest BCUT2D eigenvalue weighted by atomic mass is 10.2. The van der Waals surface area contributed by atoms with Crippen LogP contribution in [0.4, 0.5) is 0 Å². The average Bonchev–Trinajstić information content (AvgIpc) is 2.95. The molecule has 0 spiro atoms. The van der Waals surface area contributed by atoms with E-state index >= 15 is 0 Å². The number of sulfonamides is 1. The molecule has 1 saturated heterocycles. The van der Waals surface area contributed by atoms with E-state index in [9.17, 15) is 8.42 Å². The standard InChI is InChI=1S/C17H19IN2O2S/c18-15-6-8-17(9-7-15)23(21,22)19-16-10-11-20(13-16)12-14-4-2-1-3-5-14/h1-9,16,19H,10-13H2. The molecule has 1 aliphatic rings. The second kappa shape index (κ2) is 7.29. The van der Waals surface area contributed by atoms with Crippen LogP contribution in [0.2, 0.25) is 0 Å². The number of rotatable bonds is 5. The molecule has 1 unspecified atom stereocenters. The molecule has 0 aliphatic carbocycles.